The molecule has 0 aliphatic heterocycles. The number of rotatable bonds is 5. The molecule has 0 saturated heterocycles. The molecule has 1 atom stereocenters. The number of hydrogen-bond acceptors (Lipinski definition) is 4. The van der Waals surface area contributed by atoms with E-state index in [0.717, 1.165) is 5.56 Å². The zero-order valence-corrected chi connectivity index (χ0v) is 15.0. The second kappa shape index (κ2) is 7.28. The summed E-state index contributed by atoms with van der Waals surface area (Å²) in [6, 6.07) is 10.0. The Labute approximate surface area is 151 Å². The van der Waals surface area contributed by atoms with E-state index in [1.54, 1.807) is 13.0 Å². The highest BCUT2D eigenvalue weighted by Crippen LogP contribution is 2.39. The molecule has 26 heavy (non-hydrogen) atoms. The fourth-order valence-corrected chi connectivity index (χ4v) is 3.29. The molecule has 1 aliphatic carbocycles. The molecule has 5 heteroatoms. The molecule has 2 aromatic rings. The van der Waals surface area contributed by atoms with Crippen molar-refractivity contribution in [2.24, 2.45) is 0 Å². The minimum atomic E-state index is -0.635. The van der Waals surface area contributed by atoms with E-state index in [9.17, 15) is 14.0 Å². The SMILES string of the molecule is CC(C)c1ccccc1OCC(=O)Oc1ccc(F)c2c1C(=O)CC2C. The average Bonchev–Trinajstić information content (AvgIpc) is 2.91. The van der Waals surface area contributed by atoms with Crippen LogP contribution in [-0.2, 0) is 4.79 Å². The monoisotopic (exact) mass is 356 g/mol. The number of ether oxygens (including phenoxy) is 2. The Morgan fingerprint density at radius 2 is 1.92 bits per heavy atom. The van der Waals surface area contributed by atoms with E-state index < -0.39 is 11.8 Å². The van der Waals surface area contributed by atoms with Crippen molar-refractivity contribution < 1.29 is 23.5 Å². The van der Waals surface area contributed by atoms with Crippen LogP contribution in [-0.4, -0.2) is 18.4 Å². The van der Waals surface area contributed by atoms with Gasteiger partial charge in [-0.05, 0) is 35.6 Å². The lowest BCUT2D eigenvalue weighted by Gasteiger charge is -2.14. The molecular weight excluding hydrogens is 335 g/mol. The van der Waals surface area contributed by atoms with Crippen LogP contribution >= 0.6 is 0 Å². The topological polar surface area (TPSA) is 52.6 Å². The van der Waals surface area contributed by atoms with Crippen molar-refractivity contribution in [1.29, 1.82) is 0 Å². The van der Waals surface area contributed by atoms with Gasteiger partial charge in [-0.25, -0.2) is 9.18 Å². The molecule has 0 aromatic heterocycles. The Morgan fingerprint density at radius 3 is 2.65 bits per heavy atom. The van der Waals surface area contributed by atoms with Crippen molar-refractivity contribution in [3.63, 3.8) is 0 Å². The van der Waals surface area contributed by atoms with Crippen LogP contribution in [0.15, 0.2) is 36.4 Å². The summed E-state index contributed by atoms with van der Waals surface area (Å²) in [5, 5.41) is 0. The highest BCUT2D eigenvalue weighted by atomic mass is 19.1. The molecule has 0 bridgehead atoms. The maximum absolute atomic E-state index is 14.0. The fourth-order valence-electron chi connectivity index (χ4n) is 3.29. The predicted molar refractivity (Wildman–Crippen MR) is 95.4 cm³/mol. The number of hydrogen-bond donors (Lipinski definition) is 0. The molecule has 3 rings (SSSR count). The van der Waals surface area contributed by atoms with Gasteiger partial charge in [-0.1, -0.05) is 39.0 Å². The van der Waals surface area contributed by atoms with Gasteiger partial charge >= 0.3 is 5.97 Å². The Balaban J connectivity index is 1.74. The van der Waals surface area contributed by atoms with Gasteiger partial charge in [0.2, 0.25) is 0 Å². The third-order valence-corrected chi connectivity index (χ3v) is 4.53. The number of fused-ring (bicyclic) bond motifs is 1. The minimum Gasteiger partial charge on any atom is -0.482 e. The van der Waals surface area contributed by atoms with Crippen LogP contribution in [0.5, 0.6) is 11.5 Å². The molecule has 2 aromatic carbocycles. The number of ketones is 1. The van der Waals surface area contributed by atoms with E-state index in [-0.39, 0.29) is 42.0 Å². The summed E-state index contributed by atoms with van der Waals surface area (Å²) in [6.07, 6.45) is 0.221. The van der Waals surface area contributed by atoms with Crippen molar-refractivity contribution >= 4 is 11.8 Å². The molecule has 0 saturated carbocycles. The number of benzene rings is 2. The molecule has 0 fully saturated rings. The van der Waals surface area contributed by atoms with Crippen molar-refractivity contribution in [2.45, 2.75) is 39.0 Å². The highest BCUT2D eigenvalue weighted by Gasteiger charge is 2.33. The van der Waals surface area contributed by atoms with Gasteiger partial charge in [0, 0.05) is 12.0 Å². The molecule has 0 radical (unpaired) electrons. The summed E-state index contributed by atoms with van der Waals surface area (Å²) >= 11 is 0. The molecule has 4 nitrogen and oxygen atoms in total. The predicted octanol–water partition coefficient (Wildman–Crippen LogP) is 4.62. The molecule has 1 unspecified atom stereocenters. The minimum absolute atomic E-state index is 0.0986. The molecular formula is C21H21FO4. The van der Waals surface area contributed by atoms with Crippen molar-refractivity contribution in [3.8, 4) is 11.5 Å². The molecule has 0 N–H and O–H groups in total. The number of para-hydroxylation sites is 1. The summed E-state index contributed by atoms with van der Waals surface area (Å²) in [5.41, 5.74) is 1.49. The van der Waals surface area contributed by atoms with E-state index >= 15 is 0 Å². The average molecular weight is 356 g/mol. The Kier molecular flexibility index (Phi) is 5.07. The van der Waals surface area contributed by atoms with Gasteiger partial charge in [0.1, 0.15) is 17.3 Å². The van der Waals surface area contributed by atoms with Gasteiger partial charge < -0.3 is 9.47 Å². The van der Waals surface area contributed by atoms with E-state index in [2.05, 4.69) is 0 Å². The lowest BCUT2D eigenvalue weighted by atomic mass is 10.0. The maximum Gasteiger partial charge on any atom is 0.349 e. The smallest absolute Gasteiger partial charge is 0.349 e. The number of carbonyl (C=O) groups is 2. The summed E-state index contributed by atoms with van der Waals surface area (Å²) in [6.45, 7) is 5.56. The van der Waals surface area contributed by atoms with Gasteiger partial charge in [0.05, 0.1) is 5.56 Å². The largest absolute Gasteiger partial charge is 0.482 e. The first-order valence-electron chi connectivity index (χ1n) is 8.66. The Hall–Kier alpha value is -2.69. The van der Waals surface area contributed by atoms with Gasteiger partial charge in [-0.2, -0.15) is 0 Å². The maximum atomic E-state index is 14.0. The van der Waals surface area contributed by atoms with Crippen LogP contribution < -0.4 is 9.47 Å². The third-order valence-electron chi connectivity index (χ3n) is 4.53. The Bertz CT molecular complexity index is 857. The molecule has 1 aliphatic rings. The fraction of sp³-hybridized carbons (Fsp3) is 0.333. The van der Waals surface area contributed by atoms with Crippen LogP contribution in [0.4, 0.5) is 4.39 Å². The van der Waals surface area contributed by atoms with E-state index in [1.807, 2.05) is 32.0 Å². The van der Waals surface area contributed by atoms with Gasteiger partial charge in [-0.3, -0.25) is 4.79 Å². The highest BCUT2D eigenvalue weighted by molar-refractivity contribution is 6.04. The second-order valence-corrected chi connectivity index (χ2v) is 6.82. The lowest BCUT2D eigenvalue weighted by molar-refractivity contribution is -0.136. The van der Waals surface area contributed by atoms with Crippen LogP contribution in [0, 0.1) is 5.82 Å². The van der Waals surface area contributed by atoms with Crippen molar-refractivity contribution in [2.75, 3.05) is 6.61 Å². The number of esters is 1. The normalized spacial score (nSPS) is 15.9. The first kappa shape index (κ1) is 18.1. The first-order valence-corrected chi connectivity index (χ1v) is 8.66. The van der Waals surface area contributed by atoms with Crippen LogP contribution in [0.25, 0.3) is 0 Å². The quantitative estimate of drug-likeness (QED) is 0.579. The number of carbonyl (C=O) groups excluding carboxylic acids is 2. The zero-order valence-electron chi connectivity index (χ0n) is 15.0. The Morgan fingerprint density at radius 1 is 1.19 bits per heavy atom. The van der Waals surface area contributed by atoms with Gasteiger partial charge in [-0.15, -0.1) is 0 Å². The van der Waals surface area contributed by atoms with Crippen LogP contribution in [0.2, 0.25) is 0 Å². The van der Waals surface area contributed by atoms with Crippen molar-refractivity contribution in [1.82, 2.24) is 0 Å². The summed E-state index contributed by atoms with van der Waals surface area (Å²) in [5.74, 6) is -0.534. The number of Topliss-reactive ketones (excluding diaryl/α,β-unsaturated/α-hetero) is 1. The third kappa shape index (κ3) is 3.47. The van der Waals surface area contributed by atoms with E-state index in [1.165, 1.54) is 12.1 Å². The second-order valence-electron chi connectivity index (χ2n) is 6.82. The van der Waals surface area contributed by atoms with Gasteiger partial charge in [0.25, 0.3) is 0 Å². The molecule has 136 valence electrons. The summed E-state index contributed by atoms with van der Waals surface area (Å²) in [7, 11) is 0. The number of halogens is 1. The van der Waals surface area contributed by atoms with E-state index in [0.29, 0.717) is 11.3 Å². The molecule has 0 spiro atoms. The summed E-state index contributed by atoms with van der Waals surface area (Å²) in [4.78, 5) is 24.3. The lowest BCUT2D eigenvalue weighted by Crippen LogP contribution is -2.19. The zero-order chi connectivity index (χ0) is 18.8. The van der Waals surface area contributed by atoms with Crippen LogP contribution in [0.3, 0.4) is 0 Å². The van der Waals surface area contributed by atoms with Crippen molar-refractivity contribution in [3.05, 3.63) is 58.9 Å². The standard InChI is InChI=1S/C21H21FO4/c1-12(2)14-6-4-5-7-17(14)25-11-19(24)26-18-9-8-15(22)20-13(3)10-16(23)21(18)20/h4-9,12-13H,10-11H2,1-3H3. The van der Waals surface area contributed by atoms with Gasteiger partial charge in [0.15, 0.2) is 12.4 Å². The molecule has 0 amide bonds. The van der Waals surface area contributed by atoms with E-state index in [4.69, 9.17) is 9.47 Å². The summed E-state index contributed by atoms with van der Waals surface area (Å²) < 4.78 is 24.9. The first-order chi connectivity index (χ1) is 12.4. The molecule has 0 heterocycles. The van der Waals surface area contributed by atoms with Crippen LogP contribution in [0.1, 0.15) is 60.5 Å².